The van der Waals surface area contributed by atoms with Crippen LogP contribution in [0.2, 0.25) is 10.0 Å². The molecule has 0 aliphatic heterocycles. The largest absolute Gasteiger partial charge is 0.352 e. The molecule has 0 aromatic heterocycles. The topological polar surface area (TPSA) is 29.1 Å². The lowest BCUT2D eigenvalue weighted by Crippen LogP contribution is -2.24. The van der Waals surface area contributed by atoms with Crippen LogP contribution < -0.4 is 5.32 Å². The van der Waals surface area contributed by atoms with Crippen LogP contribution in [-0.2, 0) is 6.42 Å². The van der Waals surface area contributed by atoms with Crippen molar-refractivity contribution >= 4 is 29.1 Å². The van der Waals surface area contributed by atoms with Crippen LogP contribution in [0.15, 0.2) is 48.5 Å². The molecule has 2 rings (SSSR count). The van der Waals surface area contributed by atoms with Crippen LogP contribution in [0.5, 0.6) is 0 Å². The maximum Gasteiger partial charge on any atom is 0.251 e. The molecule has 0 fully saturated rings. The Kier molecular flexibility index (Phi) is 5.45. The molecule has 20 heavy (non-hydrogen) atoms. The third-order valence-corrected chi connectivity index (χ3v) is 3.45. The van der Waals surface area contributed by atoms with Crippen LogP contribution in [0.1, 0.15) is 22.3 Å². The van der Waals surface area contributed by atoms with Gasteiger partial charge in [-0.2, -0.15) is 0 Å². The Labute approximate surface area is 128 Å². The minimum Gasteiger partial charge on any atom is -0.352 e. The summed E-state index contributed by atoms with van der Waals surface area (Å²) in [6, 6.07) is 14.6. The van der Waals surface area contributed by atoms with E-state index in [1.54, 1.807) is 24.3 Å². The number of aryl methyl sites for hydroxylation is 1. The van der Waals surface area contributed by atoms with Crippen LogP contribution in [0.4, 0.5) is 0 Å². The molecule has 2 aromatic carbocycles. The van der Waals surface area contributed by atoms with E-state index in [9.17, 15) is 4.79 Å². The van der Waals surface area contributed by atoms with Crippen molar-refractivity contribution in [3.05, 3.63) is 69.7 Å². The van der Waals surface area contributed by atoms with Crippen molar-refractivity contribution < 1.29 is 4.79 Å². The molecule has 0 saturated heterocycles. The number of carbonyl (C=O) groups is 1. The van der Waals surface area contributed by atoms with Gasteiger partial charge in [-0.1, -0.05) is 35.3 Å². The number of carbonyl (C=O) groups excluding carboxylic acids is 1. The highest BCUT2D eigenvalue weighted by Gasteiger charge is 2.04. The molecule has 0 bridgehead atoms. The SMILES string of the molecule is O=C(NCCCc1ccc(Cl)cc1)c1ccc(Cl)cc1. The van der Waals surface area contributed by atoms with Crippen LogP contribution in [0.3, 0.4) is 0 Å². The first-order valence-corrected chi connectivity index (χ1v) is 7.19. The summed E-state index contributed by atoms with van der Waals surface area (Å²) in [7, 11) is 0. The highest BCUT2D eigenvalue weighted by molar-refractivity contribution is 6.30. The predicted octanol–water partition coefficient (Wildman–Crippen LogP) is 4.36. The van der Waals surface area contributed by atoms with Crippen LogP contribution in [-0.4, -0.2) is 12.5 Å². The number of hydrogen-bond donors (Lipinski definition) is 1. The van der Waals surface area contributed by atoms with Gasteiger partial charge in [-0.15, -0.1) is 0 Å². The zero-order valence-electron chi connectivity index (χ0n) is 10.9. The second kappa shape index (κ2) is 7.32. The molecule has 0 aliphatic rings. The van der Waals surface area contributed by atoms with Gasteiger partial charge in [-0.05, 0) is 54.8 Å². The molecule has 0 aliphatic carbocycles. The van der Waals surface area contributed by atoms with Crippen molar-refractivity contribution in [2.75, 3.05) is 6.54 Å². The normalized spacial score (nSPS) is 10.3. The zero-order chi connectivity index (χ0) is 14.4. The number of benzene rings is 2. The summed E-state index contributed by atoms with van der Waals surface area (Å²) in [6.07, 6.45) is 1.80. The Morgan fingerprint density at radius 1 is 0.900 bits per heavy atom. The van der Waals surface area contributed by atoms with E-state index in [1.807, 2.05) is 24.3 Å². The van der Waals surface area contributed by atoms with Crippen molar-refractivity contribution in [3.8, 4) is 0 Å². The van der Waals surface area contributed by atoms with Gasteiger partial charge in [-0.25, -0.2) is 0 Å². The van der Waals surface area contributed by atoms with Gasteiger partial charge < -0.3 is 5.32 Å². The molecule has 0 radical (unpaired) electrons. The molecule has 0 heterocycles. The van der Waals surface area contributed by atoms with E-state index in [2.05, 4.69) is 5.32 Å². The van der Waals surface area contributed by atoms with Crippen molar-refractivity contribution in [2.24, 2.45) is 0 Å². The van der Waals surface area contributed by atoms with Crippen LogP contribution in [0, 0.1) is 0 Å². The molecule has 0 atom stereocenters. The number of rotatable bonds is 5. The number of nitrogens with one attached hydrogen (secondary N) is 1. The van der Waals surface area contributed by atoms with E-state index >= 15 is 0 Å². The minimum absolute atomic E-state index is 0.0715. The van der Waals surface area contributed by atoms with E-state index in [1.165, 1.54) is 5.56 Å². The zero-order valence-corrected chi connectivity index (χ0v) is 12.4. The fourth-order valence-corrected chi connectivity index (χ4v) is 2.10. The molecule has 0 saturated carbocycles. The Hall–Kier alpha value is -1.51. The average molecular weight is 308 g/mol. The lowest BCUT2D eigenvalue weighted by Gasteiger charge is -2.05. The summed E-state index contributed by atoms with van der Waals surface area (Å²) in [5, 5.41) is 4.26. The van der Waals surface area contributed by atoms with Gasteiger partial charge in [-0.3, -0.25) is 4.79 Å². The average Bonchev–Trinajstić information content (AvgIpc) is 2.46. The van der Waals surface area contributed by atoms with E-state index in [-0.39, 0.29) is 5.91 Å². The molecule has 104 valence electrons. The molecule has 1 amide bonds. The predicted molar refractivity (Wildman–Crippen MR) is 83.6 cm³/mol. The molecular formula is C16H15Cl2NO. The smallest absolute Gasteiger partial charge is 0.251 e. The fourth-order valence-electron chi connectivity index (χ4n) is 1.85. The monoisotopic (exact) mass is 307 g/mol. The van der Waals surface area contributed by atoms with E-state index in [4.69, 9.17) is 23.2 Å². The number of amides is 1. The maximum absolute atomic E-state index is 11.8. The fraction of sp³-hybridized carbons (Fsp3) is 0.188. The molecule has 0 unspecified atom stereocenters. The Morgan fingerprint density at radius 3 is 2.05 bits per heavy atom. The summed E-state index contributed by atoms with van der Waals surface area (Å²) >= 11 is 11.6. The third kappa shape index (κ3) is 4.55. The Bertz CT molecular complexity index is 564. The van der Waals surface area contributed by atoms with Crippen molar-refractivity contribution in [3.63, 3.8) is 0 Å². The van der Waals surface area contributed by atoms with Gasteiger partial charge in [0.1, 0.15) is 0 Å². The van der Waals surface area contributed by atoms with Gasteiger partial charge in [0.2, 0.25) is 0 Å². The standard InChI is InChI=1S/C16H15Cl2NO/c17-14-7-3-12(4-8-14)2-1-11-19-16(20)13-5-9-15(18)10-6-13/h3-10H,1-2,11H2,(H,19,20). The first-order chi connectivity index (χ1) is 9.65. The van der Waals surface area contributed by atoms with Crippen LogP contribution >= 0.6 is 23.2 Å². The van der Waals surface area contributed by atoms with Crippen LogP contribution in [0.25, 0.3) is 0 Å². The van der Waals surface area contributed by atoms with Crippen molar-refractivity contribution in [1.82, 2.24) is 5.32 Å². The molecule has 2 aromatic rings. The van der Waals surface area contributed by atoms with Gasteiger partial charge >= 0.3 is 0 Å². The van der Waals surface area contributed by atoms with E-state index in [0.717, 1.165) is 17.9 Å². The molecule has 2 nitrogen and oxygen atoms in total. The second-order valence-corrected chi connectivity index (χ2v) is 5.37. The Balaban J connectivity index is 1.74. The first kappa shape index (κ1) is 14.9. The van der Waals surface area contributed by atoms with Gasteiger partial charge in [0.15, 0.2) is 0 Å². The van der Waals surface area contributed by atoms with Crippen molar-refractivity contribution in [1.29, 1.82) is 0 Å². The lowest BCUT2D eigenvalue weighted by molar-refractivity contribution is 0.0953. The van der Waals surface area contributed by atoms with Gasteiger partial charge in [0.25, 0.3) is 5.91 Å². The molecule has 1 N–H and O–H groups in total. The maximum atomic E-state index is 11.8. The molecular weight excluding hydrogens is 293 g/mol. The Morgan fingerprint density at radius 2 is 1.45 bits per heavy atom. The summed E-state index contributed by atoms with van der Waals surface area (Å²) < 4.78 is 0. The minimum atomic E-state index is -0.0715. The third-order valence-electron chi connectivity index (χ3n) is 2.95. The summed E-state index contributed by atoms with van der Waals surface area (Å²) in [4.78, 5) is 11.8. The van der Waals surface area contributed by atoms with Crippen molar-refractivity contribution in [2.45, 2.75) is 12.8 Å². The number of halogens is 2. The highest BCUT2D eigenvalue weighted by atomic mass is 35.5. The molecule has 0 spiro atoms. The summed E-state index contributed by atoms with van der Waals surface area (Å²) in [5.74, 6) is -0.0715. The van der Waals surface area contributed by atoms with Gasteiger partial charge in [0.05, 0.1) is 0 Å². The van der Waals surface area contributed by atoms with E-state index < -0.39 is 0 Å². The van der Waals surface area contributed by atoms with E-state index in [0.29, 0.717) is 17.1 Å². The second-order valence-electron chi connectivity index (χ2n) is 4.49. The lowest BCUT2D eigenvalue weighted by atomic mass is 10.1. The summed E-state index contributed by atoms with van der Waals surface area (Å²) in [6.45, 7) is 0.643. The number of hydrogen-bond acceptors (Lipinski definition) is 1. The quantitative estimate of drug-likeness (QED) is 0.817. The van der Waals surface area contributed by atoms with Gasteiger partial charge in [0, 0.05) is 22.2 Å². The first-order valence-electron chi connectivity index (χ1n) is 6.43. The highest BCUT2D eigenvalue weighted by Crippen LogP contribution is 2.11. The summed E-state index contributed by atoms with van der Waals surface area (Å²) in [5.41, 5.74) is 1.84. The molecule has 4 heteroatoms.